The van der Waals surface area contributed by atoms with Crippen LogP contribution < -0.4 is 0 Å². The average Bonchev–Trinajstić information content (AvgIpc) is 3.06. The molecule has 0 saturated heterocycles. The van der Waals surface area contributed by atoms with Crippen molar-refractivity contribution in [3.05, 3.63) is 40.1 Å². The van der Waals surface area contributed by atoms with E-state index in [-0.39, 0.29) is 17.4 Å². The minimum Gasteiger partial charge on any atom is -0.360 e. The molecule has 0 radical (unpaired) electrons. The van der Waals surface area contributed by atoms with E-state index in [1.54, 1.807) is 12.3 Å². The van der Waals surface area contributed by atoms with Crippen LogP contribution in [0.1, 0.15) is 36.0 Å². The summed E-state index contributed by atoms with van der Waals surface area (Å²) in [6, 6.07) is 4.58. The number of rotatable bonds is 3. The molecule has 1 aliphatic rings. The number of nitrogens with one attached hydrogen (secondary N) is 1. The molecule has 1 aromatic carbocycles. The normalized spacial score (nSPS) is 16.0. The van der Waals surface area contributed by atoms with E-state index in [4.69, 9.17) is 0 Å². The van der Waals surface area contributed by atoms with Crippen molar-refractivity contribution in [2.24, 2.45) is 5.92 Å². The number of hydrogen-bond acceptors (Lipinski definition) is 3. The number of ketones is 1. The Labute approximate surface area is 109 Å². The van der Waals surface area contributed by atoms with Gasteiger partial charge < -0.3 is 4.98 Å². The predicted octanol–water partition coefficient (Wildman–Crippen LogP) is 3.45. The number of nitro groups is 1. The van der Waals surface area contributed by atoms with Crippen molar-refractivity contribution < 1.29 is 9.72 Å². The summed E-state index contributed by atoms with van der Waals surface area (Å²) in [7, 11) is 0. The maximum absolute atomic E-state index is 12.4. The number of fused-ring (bicyclic) bond motifs is 1. The quantitative estimate of drug-likeness (QED) is 0.520. The van der Waals surface area contributed by atoms with Crippen LogP contribution in [-0.4, -0.2) is 15.7 Å². The number of H-pyrrole nitrogens is 1. The summed E-state index contributed by atoms with van der Waals surface area (Å²) in [5.41, 5.74) is 1.38. The number of carbonyl (C=O) groups excluding carboxylic acids is 1. The number of carbonyl (C=O) groups is 1. The predicted molar refractivity (Wildman–Crippen MR) is 71.2 cm³/mol. The molecule has 1 saturated carbocycles. The summed E-state index contributed by atoms with van der Waals surface area (Å²) >= 11 is 0. The van der Waals surface area contributed by atoms with Crippen molar-refractivity contribution in [2.45, 2.75) is 25.7 Å². The lowest BCUT2D eigenvalue weighted by molar-refractivity contribution is -0.384. The van der Waals surface area contributed by atoms with Gasteiger partial charge in [0.05, 0.1) is 4.92 Å². The van der Waals surface area contributed by atoms with Crippen LogP contribution in [0.25, 0.3) is 10.9 Å². The zero-order chi connectivity index (χ0) is 13.4. The second kappa shape index (κ2) is 4.50. The molecule has 5 nitrogen and oxygen atoms in total. The van der Waals surface area contributed by atoms with Gasteiger partial charge in [-0.15, -0.1) is 0 Å². The van der Waals surface area contributed by atoms with E-state index >= 15 is 0 Å². The van der Waals surface area contributed by atoms with E-state index in [0.29, 0.717) is 10.9 Å². The highest BCUT2D eigenvalue weighted by atomic mass is 16.6. The minimum atomic E-state index is -0.434. The van der Waals surface area contributed by atoms with Crippen molar-refractivity contribution in [1.82, 2.24) is 4.98 Å². The lowest BCUT2D eigenvalue weighted by Crippen LogP contribution is -2.10. The third-order valence-corrected chi connectivity index (χ3v) is 3.87. The molecule has 1 heterocycles. The molecule has 0 spiro atoms. The van der Waals surface area contributed by atoms with Gasteiger partial charge in [-0.25, -0.2) is 0 Å². The molecule has 1 aliphatic carbocycles. The molecule has 0 amide bonds. The number of benzene rings is 1. The molecule has 0 aliphatic heterocycles. The van der Waals surface area contributed by atoms with Crippen molar-refractivity contribution in [3.63, 3.8) is 0 Å². The molecule has 1 N–H and O–H groups in total. The molecule has 19 heavy (non-hydrogen) atoms. The molecule has 0 atom stereocenters. The summed E-state index contributed by atoms with van der Waals surface area (Å²) in [4.78, 5) is 25.8. The van der Waals surface area contributed by atoms with Crippen LogP contribution >= 0.6 is 0 Å². The van der Waals surface area contributed by atoms with Crippen LogP contribution in [0, 0.1) is 16.0 Å². The second-order valence-electron chi connectivity index (χ2n) is 5.03. The zero-order valence-electron chi connectivity index (χ0n) is 10.4. The molecule has 1 aromatic heterocycles. The van der Waals surface area contributed by atoms with E-state index in [2.05, 4.69) is 4.98 Å². The van der Waals surface area contributed by atoms with Crippen LogP contribution in [0.2, 0.25) is 0 Å². The van der Waals surface area contributed by atoms with Crippen molar-refractivity contribution >= 4 is 22.4 Å². The topological polar surface area (TPSA) is 76.0 Å². The molecule has 5 heteroatoms. The van der Waals surface area contributed by atoms with Crippen molar-refractivity contribution in [1.29, 1.82) is 0 Å². The first-order valence-corrected chi connectivity index (χ1v) is 6.46. The summed E-state index contributed by atoms with van der Waals surface area (Å²) < 4.78 is 0. The average molecular weight is 258 g/mol. The van der Waals surface area contributed by atoms with E-state index in [1.807, 2.05) is 0 Å². The fourth-order valence-electron chi connectivity index (χ4n) is 2.83. The van der Waals surface area contributed by atoms with Gasteiger partial charge in [0.15, 0.2) is 5.78 Å². The summed E-state index contributed by atoms with van der Waals surface area (Å²) in [5, 5.41) is 11.5. The van der Waals surface area contributed by atoms with E-state index < -0.39 is 4.92 Å². The Morgan fingerprint density at radius 2 is 2.05 bits per heavy atom. The fourth-order valence-corrected chi connectivity index (χ4v) is 2.83. The molecule has 2 aromatic rings. The maximum Gasteiger partial charge on any atom is 0.270 e. The molecule has 3 rings (SSSR count). The van der Waals surface area contributed by atoms with Crippen molar-refractivity contribution in [3.8, 4) is 0 Å². The molecular formula is C14H14N2O3. The number of nitro benzene ring substituents is 1. The van der Waals surface area contributed by atoms with Gasteiger partial charge in [0.1, 0.15) is 0 Å². The second-order valence-corrected chi connectivity index (χ2v) is 5.03. The third kappa shape index (κ3) is 2.01. The minimum absolute atomic E-state index is 0.0209. The Morgan fingerprint density at radius 1 is 1.32 bits per heavy atom. The standard InChI is InChI=1S/C14H14N2O3/c17-14(9-3-1-2-4-9)12-8-15-13-6-5-10(16(18)19)7-11(12)13/h5-9,15H,1-4H2. The van der Waals surface area contributed by atoms with E-state index in [1.165, 1.54) is 12.1 Å². The Morgan fingerprint density at radius 3 is 2.74 bits per heavy atom. The highest BCUT2D eigenvalue weighted by Crippen LogP contribution is 2.31. The molecule has 0 bridgehead atoms. The van der Waals surface area contributed by atoms with Gasteiger partial charge in [-0.05, 0) is 18.9 Å². The van der Waals surface area contributed by atoms with Crippen LogP contribution in [0.3, 0.4) is 0 Å². The molecular weight excluding hydrogens is 244 g/mol. The fraction of sp³-hybridized carbons (Fsp3) is 0.357. The number of non-ortho nitro benzene ring substituents is 1. The first-order chi connectivity index (χ1) is 9.16. The number of aromatic nitrogens is 1. The van der Waals surface area contributed by atoms with Crippen LogP contribution in [-0.2, 0) is 0 Å². The van der Waals surface area contributed by atoms with Gasteiger partial charge >= 0.3 is 0 Å². The Balaban J connectivity index is 2.05. The SMILES string of the molecule is O=C(c1c[nH]c2ccc([N+](=O)[O-])cc12)C1CCCC1. The Kier molecular flexibility index (Phi) is 2.81. The number of hydrogen-bond donors (Lipinski definition) is 1. The molecule has 98 valence electrons. The number of Topliss-reactive ketones (excluding diaryl/α,β-unsaturated/α-hetero) is 1. The Hall–Kier alpha value is -2.17. The van der Waals surface area contributed by atoms with Gasteiger partial charge in [0.25, 0.3) is 5.69 Å². The van der Waals surface area contributed by atoms with Crippen LogP contribution in [0.5, 0.6) is 0 Å². The van der Waals surface area contributed by atoms with E-state index in [0.717, 1.165) is 31.2 Å². The molecule has 0 unspecified atom stereocenters. The maximum atomic E-state index is 12.4. The Bertz CT molecular complexity index is 654. The van der Waals surface area contributed by atoms with Crippen molar-refractivity contribution in [2.75, 3.05) is 0 Å². The largest absolute Gasteiger partial charge is 0.360 e. The summed E-state index contributed by atoms with van der Waals surface area (Å²) in [5.74, 6) is 0.197. The van der Waals surface area contributed by atoms with E-state index in [9.17, 15) is 14.9 Å². The monoisotopic (exact) mass is 258 g/mol. The third-order valence-electron chi connectivity index (χ3n) is 3.87. The zero-order valence-corrected chi connectivity index (χ0v) is 10.4. The summed E-state index contributed by atoms with van der Waals surface area (Å²) in [6.45, 7) is 0. The van der Waals surface area contributed by atoms with Gasteiger partial charge in [0, 0.05) is 40.7 Å². The first-order valence-electron chi connectivity index (χ1n) is 6.46. The first kappa shape index (κ1) is 11.9. The van der Waals surface area contributed by atoms with Crippen LogP contribution in [0.4, 0.5) is 5.69 Å². The highest BCUT2D eigenvalue weighted by molar-refractivity contribution is 6.09. The number of aromatic amines is 1. The molecule has 1 fully saturated rings. The van der Waals surface area contributed by atoms with Gasteiger partial charge in [-0.2, -0.15) is 0 Å². The highest BCUT2D eigenvalue weighted by Gasteiger charge is 2.26. The van der Waals surface area contributed by atoms with Gasteiger partial charge in [-0.1, -0.05) is 12.8 Å². The summed E-state index contributed by atoms with van der Waals surface area (Å²) in [6.07, 6.45) is 5.73. The van der Waals surface area contributed by atoms with Gasteiger partial charge in [0.2, 0.25) is 0 Å². The lowest BCUT2D eigenvalue weighted by atomic mass is 9.96. The van der Waals surface area contributed by atoms with Crippen LogP contribution in [0.15, 0.2) is 24.4 Å². The smallest absolute Gasteiger partial charge is 0.270 e. The lowest BCUT2D eigenvalue weighted by Gasteiger charge is -2.06. The number of nitrogens with zero attached hydrogens (tertiary/aromatic N) is 1. The van der Waals surface area contributed by atoms with Gasteiger partial charge in [-0.3, -0.25) is 14.9 Å².